The van der Waals surface area contributed by atoms with Gasteiger partial charge in [-0.1, -0.05) is 36.4 Å². The first-order valence-corrected chi connectivity index (χ1v) is 10.3. The van der Waals surface area contributed by atoms with Gasteiger partial charge in [-0.3, -0.25) is 9.59 Å². The van der Waals surface area contributed by atoms with Crippen LogP contribution < -0.4 is 0 Å². The molecule has 0 aromatic heterocycles. The van der Waals surface area contributed by atoms with E-state index in [-0.39, 0.29) is 26.1 Å². The first-order valence-electron chi connectivity index (χ1n) is 10.3. The van der Waals surface area contributed by atoms with E-state index in [4.69, 9.17) is 9.47 Å². The molecular weight excluding hydrogens is 372 g/mol. The Morgan fingerprint density at radius 1 is 1.17 bits per heavy atom. The molecule has 0 heterocycles. The number of hydrogen-bond donors (Lipinski definition) is 2. The second-order valence-corrected chi connectivity index (χ2v) is 7.57. The van der Waals surface area contributed by atoms with Crippen molar-refractivity contribution in [3.8, 4) is 0 Å². The summed E-state index contributed by atoms with van der Waals surface area (Å²) in [5, 5.41) is 21.5. The summed E-state index contributed by atoms with van der Waals surface area (Å²) in [6, 6.07) is 9.81. The van der Waals surface area contributed by atoms with E-state index >= 15 is 0 Å². The van der Waals surface area contributed by atoms with Crippen molar-refractivity contribution in [1.82, 2.24) is 0 Å². The van der Waals surface area contributed by atoms with Crippen molar-refractivity contribution in [2.24, 2.45) is 17.3 Å². The third-order valence-corrected chi connectivity index (χ3v) is 5.75. The highest BCUT2D eigenvalue weighted by Gasteiger charge is 2.58. The van der Waals surface area contributed by atoms with E-state index in [9.17, 15) is 19.8 Å². The Morgan fingerprint density at radius 3 is 2.28 bits per heavy atom. The highest BCUT2D eigenvalue weighted by Crippen LogP contribution is 2.48. The summed E-state index contributed by atoms with van der Waals surface area (Å²) in [4.78, 5) is 25.3. The lowest BCUT2D eigenvalue weighted by molar-refractivity contribution is -0.172. The summed E-state index contributed by atoms with van der Waals surface area (Å²) in [7, 11) is 0. The average molecular weight is 405 g/mol. The Bertz CT molecular complexity index is 668. The van der Waals surface area contributed by atoms with Crippen molar-refractivity contribution < 1.29 is 29.3 Å². The fraction of sp³-hybridized carbons (Fsp3) is 0.565. The molecule has 1 aromatic rings. The van der Waals surface area contributed by atoms with Gasteiger partial charge in [0.15, 0.2) is 5.41 Å². The smallest absolute Gasteiger partial charge is 0.323 e. The molecule has 1 aliphatic rings. The van der Waals surface area contributed by atoms with Crippen LogP contribution in [-0.2, 0) is 25.5 Å². The van der Waals surface area contributed by atoms with Crippen LogP contribution >= 0.6 is 0 Å². The Kier molecular flexibility index (Phi) is 8.41. The molecule has 29 heavy (non-hydrogen) atoms. The maximum atomic E-state index is 12.6. The standard InChI is InChI=1S/C23H32O6/c1-4-17(19(24)13-12-16-10-8-7-9-11-16)18-14-23(15-20(18)25,21(26)28-5-2)22(27)29-6-3/h4,7-11,17-20,24-25H,1,5-6,12-15H2,2-3H3/t17-,18+,19-,20+/m0/s1. The van der Waals surface area contributed by atoms with Crippen molar-refractivity contribution in [3.63, 3.8) is 0 Å². The van der Waals surface area contributed by atoms with Crippen LogP contribution in [0, 0.1) is 17.3 Å². The van der Waals surface area contributed by atoms with E-state index in [1.54, 1.807) is 19.9 Å². The highest BCUT2D eigenvalue weighted by molar-refractivity contribution is 6.00. The van der Waals surface area contributed by atoms with E-state index in [0.29, 0.717) is 12.8 Å². The molecule has 0 saturated heterocycles. The van der Waals surface area contributed by atoms with Gasteiger partial charge < -0.3 is 19.7 Å². The summed E-state index contributed by atoms with van der Waals surface area (Å²) in [5.74, 6) is -2.31. The van der Waals surface area contributed by atoms with E-state index in [1.165, 1.54) is 0 Å². The van der Waals surface area contributed by atoms with Crippen LogP contribution in [0.1, 0.15) is 38.7 Å². The summed E-state index contributed by atoms with van der Waals surface area (Å²) in [5.41, 5.74) is -0.440. The van der Waals surface area contributed by atoms with Gasteiger partial charge in [0, 0.05) is 12.3 Å². The normalized spacial score (nSPS) is 22.5. The number of aliphatic hydroxyl groups is 2. The molecule has 4 atom stereocenters. The Morgan fingerprint density at radius 2 is 1.76 bits per heavy atom. The average Bonchev–Trinajstić information content (AvgIpc) is 3.07. The molecule has 0 bridgehead atoms. The Hall–Kier alpha value is -2.18. The molecule has 0 aliphatic heterocycles. The van der Waals surface area contributed by atoms with Gasteiger partial charge in [0.2, 0.25) is 0 Å². The number of hydrogen-bond acceptors (Lipinski definition) is 6. The van der Waals surface area contributed by atoms with E-state index in [1.807, 2.05) is 30.3 Å². The van der Waals surface area contributed by atoms with Crippen LogP contribution in [0.15, 0.2) is 43.0 Å². The molecule has 2 rings (SSSR count). The number of aliphatic hydroxyl groups excluding tert-OH is 2. The van der Waals surface area contributed by atoms with E-state index in [0.717, 1.165) is 5.56 Å². The van der Waals surface area contributed by atoms with Crippen molar-refractivity contribution >= 4 is 11.9 Å². The van der Waals surface area contributed by atoms with Crippen molar-refractivity contribution in [2.75, 3.05) is 13.2 Å². The minimum absolute atomic E-state index is 0.0604. The molecule has 0 unspecified atom stereocenters. The molecule has 0 radical (unpaired) electrons. The second-order valence-electron chi connectivity index (χ2n) is 7.57. The number of carbonyl (C=O) groups excluding carboxylic acids is 2. The summed E-state index contributed by atoms with van der Waals surface area (Å²) < 4.78 is 10.3. The highest BCUT2D eigenvalue weighted by atomic mass is 16.6. The third-order valence-electron chi connectivity index (χ3n) is 5.75. The van der Waals surface area contributed by atoms with Crippen molar-refractivity contribution in [2.45, 2.75) is 51.7 Å². The van der Waals surface area contributed by atoms with Gasteiger partial charge in [-0.2, -0.15) is 0 Å². The van der Waals surface area contributed by atoms with Gasteiger partial charge in [-0.15, -0.1) is 6.58 Å². The van der Waals surface area contributed by atoms with Gasteiger partial charge in [0.1, 0.15) is 0 Å². The predicted molar refractivity (Wildman–Crippen MR) is 109 cm³/mol. The summed E-state index contributed by atoms with van der Waals surface area (Å²) in [6.45, 7) is 7.42. The monoisotopic (exact) mass is 404 g/mol. The minimum atomic E-state index is -1.55. The van der Waals surface area contributed by atoms with Gasteiger partial charge in [0.25, 0.3) is 0 Å². The zero-order valence-corrected chi connectivity index (χ0v) is 17.3. The zero-order chi connectivity index (χ0) is 21.4. The molecule has 1 fully saturated rings. The first-order chi connectivity index (χ1) is 13.9. The van der Waals surface area contributed by atoms with Crippen LogP contribution in [0.25, 0.3) is 0 Å². The Balaban J connectivity index is 2.17. The van der Waals surface area contributed by atoms with Gasteiger partial charge >= 0.3 is 11.9 Å². The lowest BCUT2D eigenvalue weighted by Gasteiger charge is -2.29. The lowest BCUT2D eigenvalue weighted by atomic mass is 9.79. The molecule has 0 amide bonds. The number of rotatable bonds is 10. The van der Waals surface area contributed by atoms with Crippen molar-refractivity contribution in [1.29, 1.82) is 0 Å². The lowest BCUT2D eigenvalue weighted by Crippen LogP contribution is -2.41. The van der Waals surface area contributed by atoms with Crippen LogP contribution in [0.5, 0.6) is 0 Å². The fourth-order valence-electron chi connectivity index (χ4n) is 4.25. The molecular formula is C23H32O6. The molecule has 0 spiro atoms. The molecule has 6 nitrogen and oxygen atoms in total. The number of benzene rings is 1. The van der Waals surface area contributed by atoms with Crippen LogP contribution in [0.4, 0.5) is 0 Å². The largest absolute Gasteiger partial charge is 0.465 e. The number of ether oxygens (including phenoxy) is 2. The molecule has 1 aliphatic carbocycles. The van der Waals surface area contributed by atoms with Gasteiger partial charge in [0.05, 0.1) is 25.4 Å². The summed E-state index contributed by atoms with van der Waals surface area (Å²) >= 11 is 0. The molecule has 160 valence electrons. The SMILES string of the molecule is C=C[C@@H]([C@H]1CC(C(=O)OCC)(C(=O)OCC)C[C@H]1O)[C@@H](O)CCc1ccccc1. The van der Waals surface area contributed by atoms with Crippen LogP contribution in [0.2, 0.25) is 0 Å². The molecule has 1 saturated carbocycles. The Labute approximate surface area is 172 Å². The van der Waals surface area contributed by atoms with E-state index in [2.05, 4.69) is 6.58 Å². The quantitative estimate of drug-likeness (QED) is 0.354. The zero-order valence-electron chi connectivity index (χ0n) is 17.3. The molecule has 2 N–H and O–H groups in total. The molecule has 1 aromatic carbocycles. The topological polar surface area (TPSA) is 93.1 Å². The van der Waals surface area contributed by atoms with E-state index < -0.39 is 41.4 Å². The van der Waals surface area contributed by atoms with Gasteiger partial charge in [-0.25, -0.2) is 0 Å². The van der Waals surface area contributed by atoms with Crippen LogP contribution in [-0.4, -0.2) is 47.6 Å². The van der Waals surface area contributed by atoms with Crippen LogP contribution in [0.3, 0.4) is 0 Å². The maximum Gasteiger partial charge on any atom is 0.323 e. The second kappa shape index (κ2) is 10.6. The first kappa shape index (κ1) is 23.1. The number of carbonyl (C=O) groups is 2. The molecule has 6 heteroatoms. The number of aryl methyl sites for hydroxylation is 1. The van der Waals surface area contributed by atoms with Crippen molar-refractivity contribution in [3.05, 3.63) is 48.6 Å². The minimum Gasteiger partial charge on any atom is -0.465 e. The third kappa shape index (κ3) is 5.25. The fourth-order valence-corrected chi connectivity index (χ4v) is 4.25. The van der Waals surface area contributed by atoms with Gasteiger partial charge in [-0.05, 0) is 44.6 Å². The number of esters is 2. The predicted octanol–water partition coefficient (Wildman–Crippen LogP) is 2.67. The summed E-state index contributed by atoms with van der Waals surface area (Å²) in [6.07, 6.45) is 1.04. The maximum absolute atomic E-state index is 12.6.